The fraction of sp³-hybridized carbons (Fsp3) is 0.167. The number of nitrogens with zero attached hydrogens (tertiary/aromatic N) is 3. The molecule has 0 spiro atoms. The molecule has 1 heterocycles. The summed E-state index contributed by atoms with van der Waals surface area (Å²) in [5.74, 6) is 0.518. The zero-order valence-electron chi connectivity index (χ0n) is 5.19. The minimum Gasteiger partial charge on any atom is -0.476 e. The van der Waals surface area contributed by atoms with E-state index < -0.39 is 0 Å². The van der Waals surface area contributed by atoms with E-state index in [1.165, 1.54) is 18.7 Å². The molecule has 0 saturated carbocycles. The smallest absolute Gasteiger partial charge is 0.174 e. The van der Waals surface area contributed by atoms with E-state index in [0.717, 1.165) is 0 Å². The predicted octanol–water partition coefficient (Wildman–Crippen LogP) is 0.379. The van der Waals surface area contributed by atoms with Crippen LogP contribution in [0.4, 0.5) is 0 Å². The highest BCUT2D eigenvalue weighted by molar-refractivity contribution is 5.10. The molecule has 0 saturated heterocycles. The fourth-order valence-electron chi connectivity index (χ4n) is 0.476. The second-order valence-electron chi connectivity index (χ2n) is 1.52. The highest BCUT2D eigenvalue weighted by atomic mass is 16.5. The summed E-state index contributed by atoms with van der Waals surface area (Å²) >= 11 is 0. The molecule has 4 nitrogen and oxygen atoms in total. The Bertz CT molecular complexity index is 228. The molecule has 10 heavy (non-hydrogen) atoms. The monoisotopic (exact) mass is 135 g/mol. The van der Waals surface area contributed by atoms with Crippen molar-refractivity contribution >= 4 is 0 Å². The number of nitriles is 1. The third-order valence-corrected chi connectivity index (χ3v) is 0.840. The normalized spacial score (nSPS) is 8.30. The van der Waals surface area contributed by atoms with Crippen LogP contribution in [0.5, 0.6) is 5.75 Å². The van der Waals surface area contributed by atoms with E-state index in [0.29, 0.717) is 5.75 Å². The maximum atomic E-state index is 8.11. The topological polar surface area (TPSA) is 58.8 Å². The van der Waals surface area contributed by atoms with Crippen LogP contribution in [0.2, 0.25) is 0 Å². The van der Waals surface area contributed by atoms with Crippen molar-refractivity contribution in [2.24, 2.45) is 0 Å². The Morgan fingerprint density at radius 3 is 2.80 bits per heavy atom. The third kappa shape index (κ3) is 1.71. The molecule has 1 rings (SSSR count). The van der Waals surface area contributed by atoms with E-state index in [1.807, 2.05) is 6.07 Å². The SMILES string of the molecule is N#CCOc1cncnc1. The molecule has 0 amide bonds. The quantitative estimate of drug-likeness (QED) is 0.588. The van der Waals surface area contributed by atoms with E-state index in [1.54, 1.807) is 0 Å². The summed E-state index contributed by atoms with van der Waals surface area (Å²) in [6.07, 6.45) is 4.41. The van der Waals surface area contributed by atoms with Gasteiger partial charge in [0.1, 0.15) is 12.4 Å². The molecule has 0 aliphatic rings. The van der Waals surface area contributed by atoms with Crippen molar-refractivity contribution in [2.75, 3.05) is 6.61 Å². The largest absolute Gasteiger partial charge is 0.476 e. The Labute approximate surface area is 58.1 Å². The van der Waals surface area contributed by atoms with Crippen molar-refractivity contribution in [3.05, 3.63) is 18.7 Å². The van der Waals surface area contributed by atoms with Gasteiger partial charge < -0.3 is 4.74 Å². The van der Waals surface area contributed by atoms with Gasteiger partial charge in [0.05, 0.1) is 12.4 Å². The van der Waals surface area contributed by atoms with Crippen molar-refractivity contribution in [2.45, 2.75) is 0 Å². The maximum absolute atomic E-state index is 8.11. The Morgan fingerprint density at radius 2 is 2.20 bits per heavy atom. The number of ether oxygens (including phenoxy) is 1. The van der Waals surface area contributed by atoms with Crippen molar-refractivity contribution in [1.82, 2.24) is 9.97 Å². The van der Waals surface area contributed by atoms with Gasteiger partial charge in [0, 0.05) is 0 Å². The number of rotatable bonds is 2. The van der Waals surface area contributed by atoms with Crippen LogP contribution in [-0.4, -0.2) is 16.6 Å². The summed E-state index contributed by atoms with van der Waals surface area (Å²) in [7, 11) is 0. The highest BCUT2D eigenvalue weighted by Crippen LogP contribution is 2.02. The number of hydrogen-bond acceptors (Lipinski definition) is 4. The first-order valence-electron chi connectivity index (χ1n) is 2.68. The van der Waals surface area contributed by atoms with E-state index in [4.69, 9.17) is 10.00 Å². The van der Waals surface area contributed by atoms with Crippen molar-refractivity contribution in [3.63, 3.8) is 0 Å². The van der Waals surface area contributed by atoms with Crippen LogP contribution in [0.3, 0.4) is 0 Å². The lowest BCUT2D eigenvalue weighted by Gasteiger charge is -1.96. The lowest BCUT2D eigenvalue weighted by Crippen LogP contribution is -1.93. The van der Waals surface area contributed by atoms with Crippen LogP contribution in [0.25, 0.3) is 0 Å². The number of hydrogen-bond donors (Lipinski definition) is 0. The summed E-state index contributed by atoms with van der Waals surface area (Å²) in [6.45, 7) is 0.0351. The van der Waals surface area contributed by atoms with Crippen LogP contribution in [-0.2, 0) is 0 Å². The lowest BCUT2D eigenvalue weighted by atomic mass is 10.6. The molecular weight excluding hydrogens is 130 g/mol. The maximum Gasteiger partial charge on any atom is 0.174 e. The molecule has 50 valence electrons. The minimum atomic E-state index is 0.0351. The summed E-state index contributed by atoms with van der Waals surface area (Å²) in [4.78, 5) is 7.38. The second-order valence-corrected chi connectivity index (χ2v) is 1.52. The first-order chi connectivity index (χ1) is 4.93. The average molecular weight is 135 g/mol. The van der Waals surface area contributed by atoms with Gasteiger partial charge in [-0.3, -0.25) is 0 Å². The van der Waals surface area contributed by atoms with Crippen LogP contribution in [0.1, 0.15) is 0 Å². The number of aromatic nitrogens is 2. The molecule has 0 atom stereocenters. The lowest BCUT2D eigenvalue weighted by molar-refractivity contribution is 0.365. The molecule has 0 aliphatic heterocycles. The zero-order chi connectivity index (χ0) is 7.23. The Balaban J connectivity index is 2.52. The zero-order valence-corrected chi connectivity index (χ0v) is 5.19. The van der Waals surface area contributed by atoms with E-state index in [-0.39, 0.29) is 6.61 Å². The van der Waals surface area contributed by atoms with E-state index >= 15 is 0 Å². The van der Waals surface area contributed by atoms with Gasteiger partial charge in [-0.1, -0.05) is 0 Å². The third-order valence-electron chi connectivity index (χ3n) is 0.840. The molecule has 0 aromatic carbocycles. The standard InChI is InChI=1S/C6H5N3O/c7-1-2-10-6-3-8-5-9-4-6/h3-5H,2H2. The van der Waals surface area contributed by atoms with E-state index in [2.05, 4.69) is 9.97 Å². The molecule has 1 aromatic heterocycles. The summed E-state index contributed by atoms with van der Waals surface area (Å²) in [6, 6.07) is 1.84. The molecule has 0 unspecified atom stereocenters. The Hall–Kier alpha value is -1.63. The van der Waals surface area contributed by atoms with E-state index in [9.17, 15) is 0 Å². The average Bonchev–Trinajstić information content (AvgIpc) is 2.03. The minimum absolute atomic E-state index is 0.0351. The van der Waals surface area contributed by atoms with Gasteiger partial charge in [0.15, 0.2) is 12.4 Å². The molecule has 0 fully saturated rings. The van der Waals surface area contributed by atoms with Gasteiger partial charge >= 0.3 is 0 Å². The van der Waals surface area contributed by atoms with Crippen LogP contribution < -0.4 is 4.74 Å². The first kappa shape index (κ1) is 6.49. The van der Waals surface area contributed by atoms with Gasteiger partial charge in [-0.05, 0) is 0 Å². The van der Waals surface area contributed by atoms with Gasteiger partial charge in [-0.25, -0.2) is 9.97 Å². The van der Waals surface area contributed by atoms with Gasteiger partial charge in [-0.2, -0.15) is 5.26 Å². The molecule has 1 aromatic rings. The molecular formula is C6H5N3O. The summed E-state index contributed by atoms with van der Waals surface area (Å²) in [5.41, 5.74) is 0. The van der Waals surface area contributed by atoms with Gasteiger partial charge in [0.2, 0.25) is 0 Å². The van der Waals surface area contributed by atoms with Gasteiger partial charge in [-0.15, -0.1) is 0 Å². The first-order valence-corrected chi connectivity index (χ1v) is 2.68. The highest BCUT2D eigenvalue weighted by Gasteiger charge is 1.88. The summed E-state index contributed by atoms with van der Waals surface area (Å²) < 4.78 is 4.87. The molecule has 0 radical (unpaired) electrons. The Morgan fingerprint density at radius 1 is 1.50 bits per heavy atom. The van der Waals surface area contributed by atoms with Crippen molar-refractivity contribution < 1.29 is 4.74 Å². The predicted molar refractivity (Wildman–Crippen MR) is 33.1 cm³/mol. The Kier molecular flexibility index (Phi) is 2.21. The molecule has 0 aliphatic carbocycles. The van der Waals surface area contributed by atoms with Crippen LogP contribution in [0.15, 0.2) is 18.7 Å². The van der Waals surface area contributed by atoms with Crippen molar-refractivity contribution in [1.29, 1.82) is 5.26 Å². The van der Waals surface area contributed by atoms with Crippen LogP contribution in [0, 0.1) is 11.3 Å². The molecule has 0 bridgehead atoms. The fourth-order valence-corrected chi connectivity index (χ4v) is 0.476. The molecule has 4 heteroatoms. The van der Waals surface area contributed by atoms with Crippen LogP contribution >= 0.6 is 0 Å². The second kappa shape index (κ2) is 3.41. The molecule has 0 N–H and O–H groups in total. The summed E-state index contributed by atoms with van der Waals surface area (Å²) in [5, 5.41) is 8.11. The van der Waals surface area contributed by atoms with Crippen molar-refractivity contribution in [3.8, 4) is 11.8 Å². The van der Waals surface area contributed by atoms with Gasteiger partial charge in [0.25, 0.3) is 0 Å².